The third-order valence-corrected chi connectivity index (χ3v) is 3.88. The van der Waals surface area contributed by atoms with Gasteiger partial charge in [0.2, 0.25) is 5.82 Å². The van der Waals surface area contributed by atoms with Gasteiger partial charge in [0.25, 0.3) is 5.89 Å². The Morgan fingerprint density at radius 3 is 2.68 bits per heavy atom. The van der Waals surface area contributed by atoms with E-state index in [-0.39, 0.29) is 0 Å². The van der Waals surface area contributed by atoms with Gasteiger partial charge in [0.15, 0.2) is 0 Å². The van der Waals surface area contributed by atoms with Gasteiger partial charge < -0.3 is 9.26 Å². The van der Waals surface area contributed by atoms with Crippen LogP contribution >= 0.6 is 0 Å². The van der Waals surface area contributed by atoms with Crippen LogP contribution in [-0.4, -0.2) is 27.4 Å². The van der Waals surface area contributed by atoms with Crippen LogP contribution in [0.4, 0.5) is 0 Å². The van der Waals surface area contributed by atoms with Crippen molar-refractivity contribution in [2.24, 2.45) is 0 Å². The summed E-state index contributed by atoms with van der Waals surface area (Å²) in [4.78, 5) is 4.46. The Labute approximate surface area is 144 Å². The van der Waals surface area contributed by atoms with Crippen LogP contribution in [0.25, 0.3) is 34.2 Å². The van der Waals surface area contributed by atoms with Gasteiger partial charge in [0.05, 0.1) is 12.8 Å². The van der Waals surface area contributed by atoms with E-state index >= 15 is 0 Å². The number of hydrogen-bond donors (Lipinski definition) is 1. The number of aryl methyl sites for hydroxylation is 1. The minimum Gasteiger partial charge on any atom is -0.497 e. The lowest BCUT2D eigenvalue weighted by Gasteiger charge is -2.00. The van der Waals surface area contributed by atoms with Crippen LogP contribution in [0.15, 0.2) is 59.1 Å². The predicted molar refractivity (Wildman–Crippen MR) is 94.0 cm³/mol. The topological polar surface area (TPSA) is 76.8 Å². The molecule has 0 saturated heterocycles. The highest BCUT2D eigenvalue weighted by atomic mass is 16.5. The zero-order chi connectivity index (χ0) is 17.2. The highest BCUT2D eigenvalue weighted by molar-refractivity contribution is 5.66. The second kappa shape index (κ2) is 6.24. The summed E-state index contributed by atoms with van der Waals surface area (Å²) in [5, 5.41) is 11.3. The normalized spacial score (nSPS) is 10.8. The molecule has 0 aliphatic carbocycles. The first-order valence-electron chi connectivity index (χ1n) is 7.84. The van der Waals surface area contributed by atoms with Gasteiger partial charge in [0, 0.05) is 11.1 Å². The van der Waals surface area contributed by atoms with Crippen molar-refractivity contribution in [3.05, 3.63) is 60.2 Å². The van der Waals surface area contributed by atoms with E-state index in [9.17, 15) is 0 Å². The molecule has 4 rings (SSSR count). The summed E-state index contributed by atoms with van der Waals surface area (Å²) < 4.78 is 10.6. The van der Waals surface area contributed by atoms with Crippen LogP contribution in [0.1, 0.15) is 5.56 Å². The van der Waals surface area contributed by atoms with E-state index in [2.05, 4.69) is 20.3 Å². The first-order chi connectivity index (χ1) is 12.2. The number of nitrogens with one attached hydrogen (secondary N) is 1. The van der Waals surface area contributed by atoms with Crippen LogP contribution in [0.5, 0.6) is 5.75 Å². The molecule has 2 aromatic heterocycles. The monoisotopic (exact) mass is 332 g/mol. The fourth-order valence-electron chi connectivity index (χ4n) is 2.60. The van der Waals surface area contributed by atoms with Crippen molar-refractivity contribution in [3.8, 4) is 40.0 Å². The van der Waals surface area contributed by atoms with Crippen molar-refractivity contribution in [3.63, 3.8) is 0 Å². The minimum atomic E-state index is 0.401. The summed E-state index contributed by atoms with van der Waals surface area (Å²) in [6.45, 7) is 2.03. The van der Waals surface area contributed by atoms with E-state index < -0.39 is 0 Å². The molecule has 0 amide bonds. The van der Waals surface area contributed by atoms with Crippen molar-refractivity contribution >= 4 is 0 Å². The molecule has 0 saturated carbocycles. The molecule has 0 aliphatic rings. The second-order valence-corrected chi connectivity index (χ2v) is 5.69. The van der Waals surface area contributed by atoms with E-state index in [0.29, 0.717) is 17.4 Å². The molecular formula is C19H16N4O2. The summed E-state index contributed by atoms with van der Waals surface area (Å²) in [5.74, 6) is 1.73. The molecule has 6 nitrogen and oxygen atoms in total. The highest BCUT2D eigenvalue weighted by Crippen LogP contribution is 2.27. The zero-order valence-electron chi connectivity index (χ0n) is 13.9. The molecule has 25 heavy (non-hydrogen) atoms. The average Bonchev–Trinajstić information content (AvgIpc) is 3.31. The molecule has 6 heteroatoms. The number of ether oxygens (including phenoxy) is 1. The van der Waals surface area contributed by atoms with Crippen molar-refractivity contribution in [2.75, 3.05) is 7.11 Å². The van der Waals surface area contributed by atoms with Gasteiger partial charge in [-0.15, -0.1) is 0 Å². The lowest BCUT2D eigenvalue weighted by Crippen LogP contribution is -1.83. The fourth-order valence-corrected chi connectivity index (χ4v) is 2.60. The summed E-state index contributed by atoms with van der Waals surface area (Å²) in [5.41, 5.74) is 4.46. The maximum absolute atomic E-state index is 5.38. The van der Waals surface area contributed by atoms with Gasteiger partial charge in [-0.1, -0.05) is 41.1 Å². The SMILES string of the molecule is COc1cccc(-c2cc(-c3nc(-c4cccc(C)c4)no3)[nH]n2)c1. The molecule has 4 aromatic rings. The minimum absolute atomic E-state index is 0.401. The summed E-state index contributed by atoms with van der Waals surface area (Å²) in [7, 11) is 1.64. The largest absolute Gasteiger partial charge is 0.497 e. The summed E-state index contributed by atoms with van der Waals surface area (Å²) in [6.07, 6.45) is 0. The van der Waals surface area contributed by atoms with Gasteiger partial charge in [-0.3, -0.25) is 5.10 Å². The Morgan fingerprint density at radius 1 is 1.00 bits per heavy atom. The van der Waals surface area contributed by atoms with E-state index in [4.69, 9.17) is 9.26 Å². The molecular weight excluding hydrogens is 316 g/mol. The van der Waals surface area contributed by atoms with Gasteiger partial charge >= 0.3 is 0 Å². The molecule has 0 fully saturated rings. The van der Waals surface area contributed by atoms with Gasteiger partial charge in [-0.05, 0) is 31.2 Å². The molecule has 0 atom stereocenters. The lowest BCUT2D eigenvalue weighted by atomic mass is 10.1. The molecule has 1 N–H and O–H groups in total. The van der Waals surface area contributed by atoms with E-state index in [1.807, 2.05) is 61.5 Å². The van der Waals surface area contributed by atoms with Crippen molar-refractivity contribution < 1.29 is 9.26 Å². The van der Waals surface area contributed by atoms with Crippen LogP contribution in [0.3, 0.4) is 0 Å². The first kappa shape index (κ1) is 15.1. The lowest BCUT2D eigenvalue weighted by molar-refractivity contribution is 0.415. The molecule has 0 aliphatic heterocycles. The molecule has 0 bridgehead atoms. The van der Waals surface area contributed by atoms with Crippen LogP contribution < -0.4 is 4.74 Å². The molecule has 0 unspecified atom stereocenters. The van der Waals surface area contributed by atoms with E-state index in [1.54, 1.807) is 7.11 Å². The third kappa shape index (κ3) is 3.01. The number of methoxy groups -OCH3 is 1. The van der Waals surface area contributed by atoms with Gasteiger partial charge in [-0.25, -0.2) is 0 Å². The molecule has 2 heterocycles. The van der Waals surface area contributed by atoms with Crippen molar-refractivity contribution in [1.82, 2.24) is 20.3 Å². The predicted octanol–water partition coefficient (Wildman–Crippen LogP) is 4.11. The summed E-state index contributed by atoms with van der Waals surface area (Å²) in [6, 6.07) is 17.5. The van der Waals surface area contributed by atoms with Gasteiger partial charge in [0.1, 0.15) is 11.4 Å². The van der Waals surface area contributed by atoms with E-state index in [0.717, 1.165) is 28.1 Å². The Kier molecular flexibility index (Phi) is 3.78. The maximum atomic E-state index is 5.38. The standard InChI is InChI=1S/C19H16N4O2/c1-12-5-3-7-14(9-12)18-20-19(25-23-18)17-11-16(21-22-17)13-6-4-8-15(10-13)24-2/h3-11H,1-2H3,(H,21,22). The Balaban J connectivity index is 1.64. The average molecular weight is 332 g/mol. The maximum Gasteiger partial charge on any atom is 0.276 e. The quantitative estimate of drug-likeness (QED) is 0.608. The number of benzene rings is 2. The third-order valence-electron chi connectivity index (χ3n) is 3.88. The number of aromatic amines is 1. The van der Waals surface area contributed by atoms with Gasteiger partial charge in [-0.2, -0.15) is 10.1 Å². The molecule has 2 aromatic carbocycles. The smallest absolute Gasteiger partial charge is 0.276 e. The Bertz CT molecular complexity index is 1020. The number of rotatable bonds is 4. The number of hydrogen-bond acceptors (Lipinski definition) is 5. The van der Waals surface area contributed by atoms with Crippen molar-refractivity contribution in [1.29, 1.82) is 0 Å². The number of aromatic nitrogens is 4. The van der Waals surface area contributed by atoms with Crippen molar-refractivity contribution in [2.45, 2.75) is 6.92 Å². The highest BCUT2D eigenvalue weighted by Gasteiger charge is 2.14. The van der Waals surface area contributed by atoms with Crippen LogP contribution in [0, 0.1) is 6.92 Å². The Hall–Kier alpha value is -3.41. The zero-order valence-corrected chi connectivity index (χ0v) is 13.9. The summed E-state index contributed by atoms with van der Waals surface area (Å²) >= 11 is 0. The Morgan fingerprint density at radius 2 is 1.84 bits per heavy atom. The molecule has 0 spiro atoms. The number of nitrogens with zero attached hydrogens (tertiary/aromatic N) is 3. The molecule has 0 radical (unpaired) electrons. The fraction of sp³-hybridized carbons (Fsp3) is 0.105. The first-order valence-corrected chi connectivity index (χ1v) is 7.84. The van der Waals surface area contributed by atoms with E-state index in [1.165, 1.54) is 0 Å². The number of H-pyrrole nitrogens is 1. The molecule has 124 valence electrons. The van der Waals surface area contributed by atoms with Crippen LogP contribution in [0.2, 0.25) is 0 Å². The van der Waals surface area contributed by atoms with Crippen LogP contribution in [-0.2, 0) is 0 Å². The second-order valence-electron chi connectivity index (χ2n) is 5.69.